The van der Waals surface area contributed by atoms with Gasteiger partial charge in [0.15, 0.2) is 0 Å². The van der Waals surface area contributed by atoms with Gasteiger partial charge in [-0.05, 0) is 73.1 Å². The highest BCUT2D eigenvalue weighted by Gasteiger charge is 2.31. The molecule has 0 fully saturated rings. The number of ether oxygens (including phenoxy) is 1. The first-order valence-electron chi connectivity index (χ1n) is 17.2. The Labute approximate surface area is 309 Å². The fourth-order valence-electron chi connectivity index (χ4n) is 4.30. The molecule has 0 bridgehead atoms. The average Bonchev–Trinajstić information content (AvgIpc) is 3.04. The number of aliphatic hydroxyl groups excluding tert-OH is 2. The van der Waals surface area contributed by atoms with E-state index in [1.807, 2.05) is 20.8 Å². The zero-order valence-electron chi connectivity index (χ0n) is 31.7. The number of methoxy groups -OCH3 is 1. The highest BCUT2D eigenvalue weighted by Crippen LogP contribution is 2.24. The van der Waals surface area contributed by atoms with Gasteiger partial charge in [-0.2, -0.15) is 23.5 Å². The molecular formula is C37H64N4O7S2. The molecule has 0 aromatic rings. The van der Waals surface area contributed by atoms with Crippen LogP contribution in [0.5, 0.6) is 0 Å². The van der Waals surface area contributed by atoms with E-state index in [0.717, 1.165) is 38.5 Å². The van der Waals surface area contributed by atoms with Crippen LogP contribution in [0.4, 0.5) is 0 Å². The Balaban J connectivity index is 5.22. The Kier molecular flexibility index (Phi) is 24.9. The highest BCUT2D eigenvalue weighted by molar-refractivity contribution is 8.00. The van der Waals surface area contributed by atoms with E-state index >= 15 is 0 Å². The summed E-state index contributed by atoms with van der Waals surface area (Å²) < 4.78 is 4.63. The first kappa shape index (κ1) is 47.4. The second-order valence-electron chi connectivity index (χ2n) is 13.7. The third kappa shape index (κ3) is 23.0. The van der Waals surface area contributed by atoms with Crippen LogP contribution in [0.3, 0.4) is 0 Å². The smallest absolute Gasteiger partial charge is 0.329 e. The van der Waals surface area contributed by atoms with Crippen LogP contribution in [-0.4, -0.2) is 100 Å². The zero-order valence-corrected chi connectivity index (χ0v) is 33.4. The summed E-state index contributed by atoms with van der Waals surface area (Å²) >= 11 is 2.84. The molecule has 11 nitrogen and oxygen atoms in total. The Morgan fingerprint density at radius 3 is 1.66 bits per heavy atom. The van der Waals surface area contributed by atoms with Crippen molar-refractivity contribution < 1.29 is 34.1 Å². The summed E-state index contributed by atoms with van der Waals surface area (Å²) in [4.78, 5) is 51.0. The molecule has 0 aliphatic carbocycles. The monoisotopic (exact) mass is 740 g/mol. The number of nitrogens with one attached hydrogen (secondary N) is 3. The Morgan fingerprint density at radius 1 is 0.700 bits per heavy atom. The molecule has 7 N–H and O–H groups in total. The topological polar surface area (TPSA) is 180 Å². The maximum Gasteiger partial charge on any atom is 0.329 e. The molecule has 0 aliphatic rings. The van der Waals surface area contributed by atoms with E-state index in [9.17, 15) is 29.4 Å². The molecule has 0 unspecified atom stereocenters. The molecule has 0 heterocycles. The number of hydrogen-bond donors (Lipinski definition) is 6. The van der Waals surface area contributed by atoms with Gasteiger partial charge in [-0.25, -0.2) is 4.79 Å². The summed E-state index contributed by atoms with van der Waals surface area (Å²) in [5.74, 6) is -1.94. The largest absolute Gasteiger partial charge is 0.467 e. The maximum absolute atomic E-state index is 13.3. The summed E-state index contributed by atoms with van der Waals surface area (Å²) in [5, 5.41) is 26.8. The van der Waals surface area contributed by atoms with Gasteiger partial charge in [0.1, 0.15) is 24.2 Å². The minimum Gasteiger partial charge on any atom is -0.467 e. The van der Waals surface area contributed by atoms with E-state index in [4.69, 9.17) is 10.5 Å². The predicted molar refractivity (Wildman–Crippen MR) is 208 cm³/mol. The molecule has 0 saturated carbocycles. The van der Waals surface area contributed by atoms with Crippen LogP contribution in [0.2, 0.25) is 0 Å². The van der Waals surface area contributed by atoms with Gasteiger partial charge in [0.25, 0.3) is 0 Å². The summed E-state index contributed by atoms with van der Waals surface area (Å²) in [6.45, 7) is 15.2. The minimum atomic E-state index is -1.39. The van der Waals surface area contributed by atoms with Crippen LogP contribution in [0.25, 0.3) is 0 Å². The van der Waals surface area contributed by atoms with Gasteiger partial charge >= 0.3 is 5.97 Å². The molecule has 0 spiro atoms. The van der Waals surface area contributed by atoms with Crippen molar-refractivity contribution in [3.05, 3.63) is 46.6 Å². The number of nitrogens with two attached hydrogens (primary N) is 1. The number of amides is 3. The van der Waals surface area contributed by atoms with E-state index in [1.54, 1.807) is 0 Å². The van der Waals surface area contributed by atoms with Crippen LogP contribution >= 0.6 is 23.5 Å². The Morgan fingerprint density at radius 2 is 1.18 bits per heavy atom. The van der Waals surface area contributed by atoms with Crippen LogP contribution in [0.1, 0.15) is 93.9 Å². The van der Waals surface area contributed by atoms with Gasteiger partial charge in [-0.3, -0.25) is 14.4 Å². The van der Waals surface area contributed by atoms with Crippen LogP contribution in [-0.2, 0) is 23.9 Å². The molecule has 50 heavy (non-hydrogen) atoms. The van der Waals surface area contributed by atoms with E-state index in [0.29, 0.717) is 5.75 Å². The minimum absolute atomic E-state index is 0.145. The average molecular weight is 741 g/mol. The zero-order chi connectivity index (χ0) is 38.3. The number of rotatable bonds is 24. The molecule has 0 aromatic carbocycles. The quantitative estimate of drug-likeness (QED) is 0.0474. The lowest BCUT2D eigenvalue weighted by Crippen LogP contribution is -2.59. The number of esters is 1. The van der Waals surface area contributed by atoms with Crippen LogP contribution < -0.4 is 21.7 Å². The first-order valence-corrected chi connectivity index (χ1v) is 19.4. The van der Waals surface area contributed by atoms with Crippen molar-refractivity contribution in [1.82, 2.24) is 16.0 Å². The predicted octanol–water partition coefficient (Wildman–Crippen LogP) is 4.34. The van der Waals surface area contributed by atoms with Gasteiger partial charge < -0.3 is 36.6 Å². The molecule has 0 rings (SSSR count). The summed E-state index contributed by atoms with van der Waals surface area (Å²) in [7, 11) is 1.21. The second-order valence-corrected chi connectivity index (χ2v) is 16.6. The SMILES string of the molecule is COC(=O)[C@H](CSC(C)(C)C)NC(=O)[C@H](CO)NC(=O)[C@H](CSC/C=C(\C)CC/C=C(\C)CC/C=C(\C)CCC=C(C)C)NC(=O)[C@@H](N)CO. The first-order chi connectivity index (χ1) is 23.4. The third-order valence-electron chi connectivity index (χ3n) is 7.46. The van der Waals surface area contributed by atoms with Gasteiger partial charge in [0, 0.05) is 22.0 Å². The van der Waals surface area contributed by atoms with Crippen molar-refractivity contribution >= 4 is 47.2 Å². The van der Waals surface area contributed by atoms with Gasteiger partial charge in [0.05, 0.1) is 20.3 Å². The number of thioether (sulfide) groups is 2. The summed E-state index contributed by atoms with van der Waals surface area (Å²) in [5.41, 5.74) is 11.0. The maximum atomic E-state index is 13.3. The fraction of sp³-hybridized carbons (Fsp3) is 0.676. The van der Waals surface area contributed by atoms with E-state index in [2.05, 4.69) is 74.9 Å². The molecule has 3 amide bonds. The molecule has 4 atom stereocenters. The molecular weight excluding hydrogens is 677 g/mol. The summed E-state index contributed by atoms with van der Waals surface area (Å²) in [6.07, 6.45) is 15.1. The standard InChI is InChI=1S/C37H64N4O7S2/c1-25(2)13-10-14-26(3)15-11-16-27(4)17-12-18-28(5)19-20-49-23-31(40-33(44)29(38)21-42)35(46)39-30(22-43)34(45)41-32(36(47)48-9)24-50-37(6,7)8/h13,15,17,19,29-32,42-43H,10-12,14,16,18,20-24,38H2,1-9H3,(H,39,46)(H,40,44)(H,41,45)/b26-15+,27-17+,28-19+/t29-,30-,31-,32-/m0/s1. The number of hydrogen-bond acceptors (Lipinski definition) is 10. The van der Waals surface area contributed by atoms with E-state index in [-0.39, 0.29) is 16.3 Å². The number of allylic oxidation sites excluding steroid dienone is 7. The molecule has 0 radical (unpaired) electrons. The summed E-state index contributed by atoms with van der Waals surface area (Å²) in [6, 6.07) is -4.74. The molecule has 13 heteroatoms. The lowest BCUT2D eigenvalue weighted by Gasteiger charge is -2.25. The lowest BCUT2D eigenvalue weighted by atomic mass is 10.0. The fourth-order valence-corrected chi connectivity index (χ4v) is 6.20. The van der Waals surface area contributed by atoms with Crippen molar-refractivity contribution in [2.45, 2.75) is 123 Å². The lowest BCUT2D eigenvalue weighted by molar-refractivity contribution is -0.144. The van der Waals surface area contributed by atoms with Crippen molar-refractivity contribution in [3.8, 4) is 0 Å². The van der Waals surface area contributed by atoms with Crippen LogP contribution in [0, 0.1) is 0 Å². The number of aliphatic hydroxyl groups is 2. The molecule has 286 valence electrons. The van der Waals surface area contributed by atoms with E-state index < -0.39 is 61.1 Å². The van der Waals surface area contributed by atoms with Crippen LogP contribution in [0.15, 0.2) is 46.6 Å². The van der Waals surface area contributed by atoms with E-state index in [1.165, 1.54) is 52.9 Å². The second kappa shape index (κ2) is 26.2. The van der Waals surface area contributed by atoms with Gasteiger partial charge in [0.2, 0.25) is 17.7 Å². The van der Waals surface area contributed by atoms with Crippen molar-refractivity contribution in [1.29, 1.82) is 0 Å². The molecule has 0 aliphatic heterocycles. The number of carbonyl (C=O) groups excluding carboxylic acids is 4. The highest BCUT2D eigenvalue weighted by atomic mass is 32.2. The molecule has 0 saturated heterocycles. The van der Waals surface area contributed by atoms with Gasteiger partial charge in [-0.1, -0.05) is 67.4 Å². The third-order valence-corrected chi connectivity index (χ3v) is 9.79. The normalized spacial score (nSPS) is 15.0. The van der Waals surface area contributed by atoms with Crippen molar-refractivity contribution in [2.75, 3.05) is 37.6 Å². The molecule has 0 aromatic heterocycles. The Hall–Kier alpha value is -2.58. The number of carbonyl (C=O) groups is 4. The Bertz CT molecular complexity index is 1190. The van der Waals surface area contributed by atoms with Crippen molar-refractivity contribution in [2.24, 2.45) is 5.73 Å². The van der Waals surface area contributed by atoms with Gasteiger partial charge in [-0.15, -0.1) is 0 Å². The van der Waals surface area contributed by atoms with Crippen molar-refractivity contribution in [3.63, 3.8) is 0 Å².